The average Bonchev–Trinajstić information content (AvgIpc) is 2.99. The number of carbonyl (C=O) groups excluding carboxylic acids is 1. The van der Waals surface area contributed by atoms with Gasteiger partial charge in [-0.3, -0.25) is 4.79 Å². The second-order valence-corrected chi connectivity index (χ2v) is 7.88. The summed E-state index contributed by atoms with van der Waals surface area (Å²) < 4.78 is 1.10. The zero-order valence-electron chi connectivity index (χ0n) is 11.8. The number of benzene rings is 1. The lowest BCUT2D eigenvalue weighted by atomic mass is 10.2. The minimum atomic E-state index is -0.0413. The Hall–Kier alpha value is -0.780. The van der Waals surface area contributed by atoms with Gasteiger partial charge in [-0.1, -0.05) is 40.2 Å². The monoisotopic (exact) mass is 383 g/mol. The van der Waals surface area contributed by atoms with E-state index in [4.69, 9.17) is 0 Å². The van der Waals surface area contributed by atoms with Crippen LogP contribution in [0, 0.1) is 0 Å². The molecule has 1 N–H and O–H groups in total. The molecule has 2 aromatic rings. The molecule has 0 saturated heterocycles. The fourth-order valence-corrected chi connectivity index (χ4v) is 4.05. The zero-order chi connectivity index (χ0) is 15.1. The van der Waals surface area contributed by atoms with Crippen molar-refractivity contribution in [3.63, 3.8) is 0 Å². The highest BCUT2D eigenvalue weighted by Crippen LogP contribution is 2.23. The SMILES string of the molecule is CC(SCc1ccccc1Br)C(=O)NCCc1cccs1. The highest BCUT2D eigenvalue weighted by molar-refractivity contribution is 9.10. The third-order valence-electron chi connectivity index (χ3n) is 3.07. The lowest BCUT2D eigenvalue weighted by Gasteiger charge is -2.12. The summed E-state index contributed by atoms with van der Waals surface area (Å²) in [6.45, 7) is 2.67. The molecule has 0 aliphatic heterocycles. The van der Waals surface area contributed by atoms with Crippen LogP contribution in [0.15, 0.2) is 46.3 Å². The van der Waals surface area contributed by atoms with Crippen LogP contribution in [0.3, 0.4) is 0 Å². The van der Waals surface area contributed by atoms with Gasteiger partial charge >= 0.3 is 0 Å². The molecule has 0 aliphatic carbocycles. The van der Waals surface area contributed by atoms with Crippen LogP contribution in [0.1, 0.15) is 17.4 Å². The zero-order valence-corrected chi connectivity index (χ0v) is 15.1. The normalized spacial score (nSPS) is 12.1. The Labute approximate surface area is 142 Å². The molecule has 2 rings (SSSR count). The topological polar surface area (TPSA) is 29.1 Å². The second kappa shape index (κ2) is 8.61. The van der Waals surface area contributed by atoms with Gasteiger partial charge in [-0.25, -0.2) is 0 Å². The predicted octanol–water partition coefficient (Wildman–Crippen LogP) is 4.49. The van der Waals surface area contributed by atoms with E-state index in [-0.39, 0.29) is 11.2 Å². The maximum atomic E-state index is 12.0. The minimum Gasteiger partial charge on any atom is -0.355 e. The van der Waals surface area contributed by atoms with Gasteiger partial charge in [-0.2, -0.15) is 0 Å². The first-order chi connectivity index (χ1) is 10.2. The standard InChI is InChI=1S/C16H18BrNOS2/c1-12(21-11-13-5-2-3-7-15(13)17)16(19)18-9-8-14-6-4-10-20-14/h2-7,10,12H,8-9,11H2,1H3,(H,18,19). The van der Waals surface area contributed by atoms with Crippen molar-refractivity contribution in [2.75, 3.05) is 6.54 Å². The lowest BCUT2D eigenvalue weighted by molar-refractivity contribution is -0.120. The summed E-state index contributed by atoms with van der Waals surface area (Å²) in [5.74, 6) is 0.949. The van der Waals surface area contributed by atoms with Crippen LogP contribution in [-0.2, 0) is 17.0 Å². The number of carbonyl (C=O) groups is 1. The number of nitrogens with one attached hydrogen (secondary N) is 1. The fourth-order valence-electron chi connectivity index (χ4n) is 1.81. The van der Waals surface area contributed by atoms with Crippen molar-refractivity contribution < 1.29 is 4.79 Å². The van der Waals surface area contributed by atoms with E-state index in [1.54, 1.807) is 23.1 Å². The molecule has 112 valence electrons. The largest absolute Gasteiger partial charge is 0.355 e. The number of thioether (sulfide) groups is 1. The second-order valence-electron chi connectivity index (χ2n) is 4.67. The first-order valence-corrected chi connectivity index (χ1v) is 9.54. The van der Waals surface area contributed by atoms with Crippen molar-refractivity contribution in [3.8, 4) is 0 Å². The molecule has 21 heavy (non-hydrogen) atoms. The van der Waals surface area contributed by atoms with Gasteiger partial charge in [0.2, 0.25) is 5.91 Å². The summed E-state index contributed by atoms with van der Waals surface area (Å²) >= 11 is 6.93. The molecule has 1 atom stereocenters. The summed E-state index contributed by atoms with van der Waals surface area (Å²) in [5, 5.41) is 5.03. The predicted molar refractivity (Wildman–Crippen MR) is 95.9 cm³/mol. The molecule has 1 heterocycles. The number of halogens is 1. The van der Waals surface area contributed by atoms with Crippen LogP contribution < -0.4 is 5.32 Å². The molecular formula is C16H18BrNOS2. The number of hydrogen-bond acceptors (Lipinski definition) is 3. The van der Waals surface area contributed by atoms with Crippen molar-refractivity contribution in [2.24, 2.45) is 0 Å². The molecule has 0 saturated carbocycles. The van der Waals surface area contributed by atoms with Crippen LogP contribution in [0.5, 0.6) is 0 Å². The van der Waals surface area contributed by atoms with Gasteiger partial charge in [0, 0.05) is 21.6 Å². The Morgan fingerprint density at radius 3 is 2.86 bits per heavy atom. The van der Waals surface area contributed by atoms with E-state index in [2.05, 4.69) is 38.8 Å². The molecule has 1 amide bonds. The fraction of sp³-hybridized carbons (Fsp3) is 0.312. The molecular weight excluding hydrogens is 366 g/mol. The minimum absolute atomic E-state index is 0.0413. The van der Waals surface area contributed by atoms with Crippen molar-refractivity contribution in [2.45, 2.75) is 24.3 Å². The number of amides is 1. The molecule has 0 spiro atoms. The third kappa shape index (κ3) is 5.49. The van der Waals surface area contributed by atoms with Crippen LogP contribution in [-0.4, -0.2) is 17.7 Å². The summed E-state index contributed by atoms with van der Waals surface area (Å²) in [5.41, 5.74) is 1.22. The van der Waals surface area contributed by atoms with Gasteiger partial charge in [0.25, 0.3) is 0 Å². The van der Waals surface area contributed by atoms with E-state index in [9.17, 15) is 4.79 Å². The quantitative estimate of drug-likeness (QED) is 0.762. The Morgan fingerprint density at radius 2 is 2.14 bits per heavy atom. The Kier molecular flexibility index (Phi) is 6.80. The molecule has 5 heteroatoms. The highest BCUT2D eigenvalue weighted by atomic mass is 79.9. The van der Waals surface area contributed by atoms with Crippen molar-refractivity contribution >= 4 is 44.9 Å². The van der Waals surface area contributed by atoms with E-state index in [1.807, 2.05) is 31.2 Å². The Balaban J connectivity index is 1.71. The van der Waals surface area contributed by atoms with Crippen LogP contribution in [0.25, 0.3) is 0 Å². The first-order valence-electron chi connectivity index (χ1n) is 6.82. The molecule has 2 nitrogen and oxygen atoms in total. The maximum Gasteiger partial charge on any atom is 0.232 e. The van der Waals surface area contributed by atoms with Crippen molar-refractivity contribution in [1.29, 1.82) is 0 Å². The molecule has 0 radical (unpaired) electrons. The van der Waals surface area contributed by atoms with E-state index in [0.29, 0.717) is 6.54 Å². The van der Waals surface area contributed by atoms with Crippen molar-refractivity contribution in [3.05, 3.63) is 56.7 Å². The molecule has 1 aromatic carbocycles. The third-order valence-corrected chi connectivity index (χ3v) is 5.97. The summed E-state index contributed by atoms with van der Waals surface area (Å²) in [6.07, 6.45) is 0.908. The van der Waals surface area contributed by atoms with Gasteiger partial charge in [-0.05, 0) is 36.4 Å². The smallest absolute Gasteiger partial charge is 0.232 e. The Bertz CT molecular complexity index is 571. The Morgan fingerprint density at radius 1 is 1.33 bits per heavy atom. The summed E-state index contributed by atoms with van der Waals surface area (Å²) in [4.78, 5) is 13.3. The van der Waals surface area contributed by atoms with E-state index in [1.165, 1.54) is 10.4 Å². The van der Waals surface area contributed by atoms with E-state index in [0.717, 1.165) is 16.6 Å². The molecule has 0 fully saturated rings. The van der Waals surface area contributed by atoms with E-state index < -0.39 is 0 Å². The van der Waals surface area contributed by atoms with Gasteiger partial charge in [0.1, 0.15) is 0 Å². The lowest BCUT2D eigenvalue weighted by Crippen LogP contribution is -2.32. The van der Waals surface area contributed by atoms with Gasteiger partial charge in [0.15, 0.2) is 0 Å². The van der Waals surface area contributed by atoms with Crippen LogP contribution in [0.4, 0.5) is 0 Å². The highest BCUT2D eigenvalue weighted by Gasteiger charge is 2.13. The van der Waals surface area contributed by atoms with E-state index >= 15 is 0 Å². The molecule has 1 unspecified atom stereocenters. The number of rotatable bonds is 7. The van der Waals surface area contributed by atoms with Crippen LogP contribution in [0.2, 0.25) is 0 Å². The number of hydrogen-bond donors (Lipinski definition) is 1. The first kappa shape index (κ1) is 16.6. The molecule has 1 aromatic heterocycles. The molecule has 0 aliphatic rings. The average molecular weight is 384 g/mol. The van der Waals surface area contributed by atoms with Gasteiger partial charge in [-0.15, -0.1) is 23.1 Å². The summed E-state index contributed by atoms with van der Waals surface area (Å²) in [7, 11) is 0. The van der Waals surface area contributed by atoms with Crippen molar-refractivity contribution in [1.82, 2.24) is 5.32 Å². The number of thiophene rings is 1. The summed E-state index contributed by atoms with van der Waals surface area (Å²) in [6, 6.07) is 12.3. The van der Waals surface area contributed by atoms with Gasteiger partial charge in [0.05, 0.1) is 5.25 Å². The van der Waals surface area contributed by atoms with Gasteiger partial charge < -0.3 is 5.32 Å². The molecule has 0 bridgehead atoms. The maximum absolute atomic E-state index is 12.0. The van der Waals surface area contributed by atoms with Crippen LogP contribution >= 0.6 is 39.0 Å².